The second-order valence-electron chi connectivity index (χ2n) is 4.18. The average Bonchev–Trinajstić information content (AvgIpc) is 2.38. The summed E-state index contributed by atoms with van der Waals surface area (Å²) in [6.45, 7) is 3.80. The van der Waals surface area contributed by atoms with Gasteiger partial charge in [0.15, 0.2) is 0 Å². The molecular weight excluding hydrogens is 311 g/mol. The highest BCUT2D eigenvalue weighted by Crippen LogP contribution is 2.27. The maximum absolute atomic E-state index is 13.6. The fourth-order valence-electron chi connectivity index (χ4n) is 1.60. The maximum atomic E-state index is 13.6. The summed E-state index contributed by atoms with van der Waals surface area (Å²) < 4.78 is 14.0. The van der Waals surface area contributed by atoms with E-state index in [1.54, 1.807) is 19.3 Å². The van der Waals surface area contributed by atoms with Crippen LogP contribution in [0.15, 0.2) is 22.8 Å². The number of halogens is 2. The summed E-state index contributed by atoms with van der Waals surface area (Å²) in [6, 6.07) is 3.17. The van der Waals surface area contributed by atoms with E-state index in [9.17, 15) is 4.39 Å². The predicted octanol–water partition coefficient (Wildman–Crippen LogP) is 3.78. The molecule has 2 aromatic rings. The van der Waals surface area contributed by atoms with E-state index in [2.05, 4.69) is 36.5 Å². The molecule has 1 aromatic heterocycles. The predicted molar refractivity (Wildman–Crippen MR) is 78.4 cm³/mol. The summed E-state index contributed by atoms with van der Waals surface area (Å²) in [6.07, 6.45) is 1.71. The molecule has 0 spiro atoms. The maximum Gasteiger partial charge on any atom is 0.224 e. The lowest BCUT2D eigenvalue weighted by atomic mass is 10.2. The molecule has 2 N–H and O–H groups in total. The van der Waals surface area contributed by atoms with Crippen LogP contribution in [0.1, 0.15) is 11.1 Å². The Hall–Kier alpha value is -1.69. The lowest BCUT2D eigenvalue weighted by molar-refractivity contribution is 0.621. The third-order valence-electron chi connectivity index (χ3n) is 2.72. The van der Waals surface area contributed by atoms with Crippen LogP contribution in [0.25, 0.3) is 0 Å². The van der Waals surface area contributed by atoms with E-state index < -0.39 is 0 Å². The highest BCUT2D eigenvalue weighted by atomic mass is 79.9. The molecule has 0 bridgehead atoms. The van der Waals surface area contributed by atoms with Crippen LogP contribution in [0.2, 0.25) is 0 Å². The number of anilines is 3. The Balaban J connectivity index is 2.38. The molecule has 0 aliphatic carbocycles. The van der Waals surface area contributed by atoms with Crippen molar-refractivity contribution in [2.45, 2.75) is 13.8 Å². The van der Waals surface area contributed by atoms with Gasteiger partial charge in [-0.25, -0.2) is 9.37 Å². The van der Waals surface area contributed by atoms with Crippen molar-refractivity contribution in [3.05, 3.63) is 39.7 Å². The molecule has 0 saturated carbocycles. The molecule has 0 unspecified atom stereocenters. The van der Waals surface area contributed by atoms with Crippen molar-refractivity contribution < 1.29 is 4.39 Å². The largest absolute Gasteiger partial charge is 0.357 e. The number of benzene rings is 1. The summed E-state index contributed by atoms with van der Waals surface area (Å²) >= 11 is 3.16. The van der Waals surface area contributed by atoms with Crippen LogP contribution in [-0.4, -0.2) is 17.0 Å². The van der Waals surface area contributed by atoms with Gasteiger partial charge in [0.2, 0.25) is 5.95 Å². The van der Waals surface area contributed by atoms with Gasteiger partial charge in [0.1, 0.15) is 11.6 Å². The van der Waals surface area contributed by atoms with Crippen molar-refractivity contribution in [3.8, 4) is 0 Å². The Kier molecular flexibility index (Phi) is 3.99. The van der Waals surface area contributed by atoms with E-state index in [1.165, 1.54) is 6.07 Å². The zero-order valence-corrected chi connectivity index (χ0v) is 12.5. The number of rotatable bonds is 3. The van der Waals surface area contributed by atoms with E-state index in [0.29, 0.717) is 21.9 Å². The molecule has 0 saturated heterocycles. The first-order valence-electron chi connectivity index (χ1n) is 5.75. The molecule has 0 aliphatic rings. The molecule has 6 heteroatoms. The SMILES string of the molecule is CNc1ncc(C)c(Nc2cc(F)c(Br)cc2C)n1. The minimum absolute atomic E-state index is 0.311. The first-order chi connectivity index (χ1) is 9.01. The van der Waals surface area contributed by atoms with Crippen LogP contribution in [0.4, 0.5) is 21.8 Å². The normalized spacial score (nSPS) is 10.4. The van der Waals surface area contributed by atoms with Gasteiger partial charge in [0, 0.05) is 24.5 Å². The Morgan fingerprint density at radius 1 is 1.21 bits per heavy atom. The van der Waals surface area contributed by atoms with Gasteiger partial charge in [-0.05, 0) is 47.5 Å². The second-order valence-corrected chi connectivity index (χ2v) is 5.04. The van der Waals surface area contributed by atoms with E-state index >= 15 is 0 Å². The van der Waals surface area contributed by atoms with E-state index in [-0.39, 0.29) is 5.82 Å². The highest BCUT2D eigenvalue weighted by molar-refractivity contribution is 9.10. The lowest BCUT2D eigenvalue weighted by Gasteiger charge is -2.12. The first-order valence-corrected chi connectivity index (χ1v) is 6.54. The molecule has 0 amide bonds. The van der Waals surface area contributed by atoms with Crippen LogP contribution in [-0.2, 0) is 0 Å². The van der Waals surface area contributed by atoms with E-state index in [0.717, 1.165) is 11.1 Å². The Labute approximate surface area is 119 Å². The van der Waals surface area contributed by atoms with Crippen molar-refractivity contribution in [1.29, 1.82) is 0 Å². The molecule has 4 nitrogen and oxygen atoms in total. The lowest BCUT2D eigenvalue weighted by Crippen LogP contribution is -2.03. The Morgan fingerprint density at radius 2 is 1.95 bits per heavy atom. The zero-order valence-electron chi connectivity index (χ0n) is 10.9. The number of aryl methyl sites for hydroxylation is 2. The Bertz CT molecular complexity index is 616. The minimum atomic E-state index is -0.311. The molecule has 0 fully saturated rings. The highest BCUT2D eigenvalue weighted by Gasteiger charge is 2.08. The van der Waals surface area contributed by atoms with Crippen LogP contribution in [0, 0.1) is 19.7 Å². The summed E-state index contributed by atoms with van der Waals surface area (Å²) in [5.74, 6) is 0.862. The van der Waals surface area contributed by atoms with Gasteiger partial charge in [-0.3, -0.25) is 0 Å². The fraction of sp³-hybridized carbons (Fsp3) is 0.231. The third-order valence-corrected chi connectivity index (χ3v) is 3.32. The van der Waals surface area contributed by atoms with Gasteiger partial charge in [-0.15, -0.1) is 0 Å². The van der Waals surface area contributed by atoms with Gasteiger partial charge < -0.3 is 10.6 Å². The van der Waals surface area contributed by atoms with Crippen molar-refractivity contribution in [1.82, 2.24) is 9.97 Å². The molecular formula is C13H14BrFN4. The topological polar surface area (TPSA) is 49.8 Å². The quantitative estimate of drug-likeness (QED) is 0.902. The second kappa shape index (κ2) is 5.52. The molecule has 100 valence electrons. The molecule has 1 aromatic carbocycles. The molecule has 19 heavy (non-hydrogen) atoms. The summed E-state index contributed by atoms with van der Waals surface area (Å²) in [7, 11) is 1.75. The monoisotopic (exact) mass is 324 g/mol. The van der Waals surface area contributed by atoms with Crippen molar-refractivity contribution >= 4 is 33.4 Å². The van der Waals surface area contributed by atoms with Gasteiger partial charge in [-0.2, -0.15) is 4.98 Å². The average molecular weight is 325 g/mol. The summed E-state index contributed by atoms with van der Waals surface area (Å²) in [5, 5.41) is 6.00. The number of hydrogen-bond donors (Lipinski definition) is 2. The van der Waals surface area contributed by atoms with Gasteiger partial charge in [0.25, 0.3) is 0 Å². The van der Waals surface area contributed by atoms with Crippen LogP contribution in [0.5, 0.6) is 0 Å². The van der Waals surface area contributed by atoms with Crippen LogP contribution in [0.3, 0.4) is 0 Å². The van der Waals surface area contributed by atoms with Crippen molar-refractivity contribution in [2.24, 2.45) is 0 Å². The molecule has 0 aliphatic heterocycles. The molecule has 0 radical (unpaired) electrons. The van der Waals surface area contributed by atoms with Crippen LogP contribution >= 0.6 is 15.9 Å². The standard InChI is InChI=1S/C13H14BrFN4/c1-7-4-9(14)10(15)5-11(7)18-12-8(2)6-17-13(16-3)19-12/h4-6H,1-3H3,(H2,16,17,18,19). The van der Waals surface area contributed by atoms with Gasteiger partial charge in [0.05, 0.1) is 4.47 Å². The van der Waals surface area contributed by atoms with E-state index in [1.807, 2.05) is 13.8 Å². The fourth-order valence-corrected chi connectivity index (χ4v) is 2.06. The van der Waals surface area contributed by atoms with E-state index in [4.69, 9.17) is 0 Å². The number of nitrogens with zero attached hydrogens (tertiary/aromatic N) is 2. The number of hydrogen-bond acceptors (Lipinski definition) is 4. The smallest absolute Gasteiger partial charge is 0.224 e. The van der Waals surface area contributed by atoms with Gasteiger partial charge >= 0.3 is 0 Å². The summed E-state index contributed by atoms with van der Waals surface area (Å²) in [4.78, 5) is 8.42. The molecule has 0 atom stereocenters. The molecule has 1 heterocycles. The van der Waals surface area contributed by atoms with Crippen molar-refractivity contribution in [3.63, 3.8) is 0 Å². The minimum Gasteiger partial charge on any atom is -0.357 e. The van der Waals surface area contributed by atoms with Gasteiger partial charge in [-0.1, -0.05) is 0 Å². The van der Waals surface area contributed by atoms with Crippen LogP contribution < -0.4 is 10.6 Å². The zero-order chi connectivity index (χ0) is 14.0. The first kappa shape index (κ1) is 13.7. The third kappa shape index (κ3) is 3.01. The number of nitrogens with one attached hydrogen (secondary N) is 2. The number of aromatic nitrogens is 2. The summed E-state index contributed by atoms with van der Waals surface area (Å²) in [5.41, 5.74) is 2.50. The van der Waals surface area contributed by atoms with Crippen molar-refractivity contribution in [2.75, 3.05) is 17.7 Å². The Morgan fingerprint density at radius 3 is 2.63 bits per heavy atom. The molecule has 2 rings (SSSR count).